The quantitative estimate of drug-likeness (QED) is 0.144. The van der Waals surface area contributed by atoms with Crippen LogP contribution < -0.4 is 9.80 Å². The van der Waals surface area contributed by atoms with Gasteiger partial charge in [0.2, 0.25) is 0 Å². The highest BCUT2D eigenvalue weighted by Gasteiger charge is 2.45. The van der Waals surface area contributed by atoms with E-state index in [4.69, 9.17) is 9.97 Å². The standard InChI is InChI=1S/C72H53FN4/c1-71(2)63-43-51(58-40-39-57(59-26-16-17-27-60(58)59)48-29-33-54(34-30-48)77(53-24-12-7-13-25-53)66-44-50(32-41-65(66)73)46-18-8-5-9-19-46)31-37-61(63)67-69(71)75-68-62-38-36-56(45-64(62)72(3,4)70(68)74-67)76(52-22-10-6-11-23-52)55-35-28-47-20-14-15-21-49(47)42-55/h5-45H,1-4H3. The summed E-state index contributed by atoms with van der Waals surface area (Å²) in [6, 6.07) is 86.9. The SMILES string of the molecule is CC1(C)c2cc(-c3ccc(-c4ccc(N(c5ccccc5)c5cc(-c6ccccc6)ccc5F)cc4)c4ccccc34)ccc2-c2nc3c(nc21)-c1ccc(N(c2ccccc2)c2ccc4ccccc4c2)cc1C3(C)C. The van der Waals surface area contributed by atoms with Gasteiger partial charge in [0.05, 0.1) is 28.5 Å². The van der Waals surface area contributed by atoms with Crippen LogP contribution in [-0.4, -0.2) is 9.97 Å². The lowest BCUT2D eigenvalue weighted by Crippen LogP contribution is -2.20. The Bertz CT molecular complexity index is 4280. The zero-order valence-corrected chi connectivity index (χ0v) is 43.3. The van der Waals surface area contributed by atoms with Crippen LogP contribution in [0.25, 0.3) is 77.4 Å². The van der Waals surface area contributed by atoms with E-state index >= 15 is 4.39 Å². The van der Waals surface area contributed by atoms with Crippen molar-refractivity contribution in [2.75, 3.05) is 9.80 Å². The number of rotatable bonds is 9. The molecule has 1 aromatic heterocycles. The molecule has 4 nitrogen and oxygen atoms in total. The summed E-state index contributed by atoms with van der Waals surface area (Å²) in [6.07, 6.45) is 0. The molecule has 0 amide bonds. The molecule has 368 valence electrons. The summed E-state index contributed by atoms with van der Waals surface area (Å²) in [7, 11) is 0. The van der Waals surface area contributed by atoms with Crippen molar-refractivity contribution in [3.05, 3.63) is 277 Å². The zero-order valence-electron chi connectivity index (χ0n) is 43.3. The van der Waals surface area contributed by atoms with Crippen molar-refractivity contribution in [2.24, 2.45) is 0 Å². The van der Waals surface area contributed by atoms with Gasteiger partial charge >= 0.3 is 0 Å². The second kappa shape index (κ2) is 17.9. The van der Waals surface area contributed by atoms with Crippen molar-refractivity contribution in [1.82, 2.24) is 9.97 Å². The van der Waals surface area contributed by atoms with E-state index in [-0.39, 0.29) is 5.82 Å². The highest BCUT2D eigenvalue weighted by atomic mass is 19.1. The summed E-state index contributed by atoms with van der Waals surface area (Å²) in [4.78, 5) is 15.6. The molecule has 77 heavy (non-hydrogen) atoms. The first-order chi connectivity index (χ1) is 37.6. The van der Waals surface area contributed by atoms with E-state index in [9.17, 15) is 0 Å². The molecule has 0 aliphatic heterocycles. The normalized spacial score (nSPS) is 13.5. The third-order valence-electron chi connectivity index (χ3n) is 16.2. The first-order valence-corrected chi connectivity index (χ1v) is 26.5. The monoisotopic (exact) mass is 992 g/mol. The number of nitrogens with zero attached hydrogens (tertiary/aromatic N) is 4. The molecule has 0 bridgehead atoms. The van der Waals surface area contributed by atoms with Crippen LogP contribution in [0.5, 0.6) is 0 Å². The van der Waals surface area contributed by atoms with Crippen LogP contribution in [0, 0.1) is 5.82 Å². The molecule has 0 spiro atoms. The van der Waals surface area contributed by atoms with Crippen LogP contribution in [-0.2, 0) is 10.8 Å². The van der Waals surface area contributed by atoms with E-state index in [0.29, 0.717) is 5.69 Å². The summed E-state index contributed by atoms with van der Waals surface area (Å²) in [5.41, 5.74) is 20.0. The molecule has 2 aliphatic rings. The van der Waals surface area contributed by atoms with Gasteiger partial charge in [-0.1, -0.05) is 198 Å². The number of halogens is 1. The predicted octanol–water partition coefficient (Wildman–Crippen LogP) is 19.5. The Hall–Kier alpha value is -9.45. The predicted molar refractivity (Wildman–Crippen MR) is 318 cm³/mol. The van der Waals surface area contributed by atoms with Crippen molar-refractivity contribution in [2.45, 2.75) is 38.5 Å². The number of para-hydroxylation sites is 2. The molecule has 0 N–H and O–H groups in total. The fourth-order valence-corrected chi connectivity index (χ4v) is 12.2. The molecule has 0 atom stereocenters. The highest BCUT2D eigenvalue weighted by Crippen LogP contribution is 2.55. The van der Waals surface area contributed by atoms with Gasteiger partial charge in [-0.25, -0.2) is 14.4 Å². The topological polar surface area (TPSA) is 32.3 Å². The maximum Gasteiger partial charge on any atom is 0.147 e. The van der Waals surface area contributed by atoms with Crippen molar-refractivity contribution < 1.29 is 4.39 Å². The Morgan fingerprint density at radius 3 is 1.43 bits per heavy atom. The highest BCUT2D eigenvalue weighted by molar-refractivity contribution is 6.05. The van der Waals surface area contributed by atoms with Crippen LogP contribution in [0.1, 0.15) is 50.2 Å². The fourth-order valence-electron chi connectivity index (χ4n) is 12.2. The van der Waals surface area contributed by atoms with E-state index in [1.54, 1.807) is 6.07 Å². The van der Waals surface area contributed by atoms with Crippen molar-refractivity contribution in [3.63, 3.8) is 0 Å². The molecule has 0 unspecified atom stereocenters. The number of fused-ring (bicyclic) bond motifs is 8. The van der Waals surface area contributed by atoms with Crippen LogP contribution in [0.2, 0.25) is 0 Å². The van der Waals surface area contributed by atoms with Gasteiger partial charge in [-0.3, -0.25) is 0 Å². The number of benzene rings is 11. The van der Waals surface area contributed by atoms with Crippen molar-refractivity contribution >= 4 is 55.7 Å². The average molecular weight is 993 g/mol. The summed E-state index contributed by atoms with van der Waals surface area (Å²) in [6.45, 7) is 9.19. The average Bonchev–Trinajstić information content (AvgIpc) is 3.85. The summed E-state index contributed by atoms with van der Waals surface area (Å²) >= 11 is 0. The minimum Gasteiger partial charge on any atom is -0.310 e. The van der Waals surface area contributed by atoms with E-state index in [1.165, 1.54) is 32.8 Å². The van der Waals surface area contributed by atoms with Gasteiger partial charge in [0, 0.05) is 50.4 Å². The maximum atomic E-state index is 16.0. The molecule has 2 aliphatic carbocycles. The Balaban J connectivity index is 0.795. The molecule has 11 aromatic carbocycles. The number of anilines is 6. The van der Waals surface area contributed by atoms with E-state index in [0.717, 1.165) is 95.5 Å². The number of aromatic nitrogens is 2. The van der Waals surface area contributed by atoms with E-state index < -0.39 is 10.8 Å². The molecular weight excluding hydrogens is 940 g/mol. The van der Waals surface area contributed by atoms with Gasteiger partial charge in [-0.2, -0.15) is 0 Å². The molecular formula is C72H53FN4. The van der Waals surface area contributed by atoms with Crippen LogP contribution in [0.3, 0.4) is 0 Å². The maximum absolute atomic E-state index is 16.0. The third kappa shape index (κ3) is 7.56. The largest absolute Gasteiger partial charge is 0.310 e. The lowest BCUT2D eigenvalue weighted by Gasteiger charge is -2.28. The van der Waals surface area contributed by atoms with Crippen molar-refractivity contribution in [1.29, 1.82) is 0 Å². The molecule has 1 heterocycles. The zero-order chi connectivity index (χ0) is 52.0. The van der Waals surface area contributed by atoms with Gasteiger partial charge in [0.25, 0.3) is 0 Å². The smallest absolute Gasteiger partial charge is 0.147 e. The van der Waals surface area contributed by atoms with E-state index in [1.807, 2.05) is 65.6 Å². The lowest BCUT2D eigenvalue weighted by molar-refractivity contribution is 0.617. The molecule has 0 fully saturated rings. The molecule has 0 radical (unpaired) electrons. The Morgan fingerprint density at radius 2 is 0.779 bits per heavy atom. The molecule has 0 saturated carbocycles. The van der Waals surface area contributed by atoms with Gasteiger partial charge in [0.1, 0.15) is 5.82 Å². The molecule has 5 heteroatoms. The van der Waals surface area contributed by atoms with Gasteiger partial charge in [-0.15, -0.1) is 0 Å². The Kier molecular flexibility index (Phi) is 10.7. The van der Waals surface area contributed by atoms with Crippen LogP contribution in [0.15, 0.2) is 249 Å². The minimum atomic E-state index is -0.396. The van der Waals surface area contributed by atoms with Crippen LogP contribution >= 0.6 is 0 Å². The number of hydrogen-bond donors (Lipinski definition) is 0. The third-order valence-corrected chi connectivity index (χ3v) is 16.2. The van der Waals surface area contributed by atoms with E-state index in [2.05, 4.69) is 215 Å². The summed E-state index contributed by atoms with van der Waals surface area (Å²) in [5, 5.41) is 4.76. The lowest BCUT2D eigenvalue weighted by atomic mass is 9.83. The Morgan fingerprint density at radius 1 is 0.325 bits per heavy atom. The van der Waals surface area contributed by atoms with Gasteiger partial charge < -0.3 is 9.80 Å². The van der Waals surface area contributed by atoms with Crippen molar-refractivity contribution in [3.8, 4) is 55.9 Å². The second-order valence-corrected chi connectivity index (χ2v) is 21.5. The fraction of sp³-hybridized carbons (Fsp3) is 0.0833. The van der Waals surface area contributed by atoms with Gasteiger partial charge in [0.15, 0.2) is 0 Å². The molecule has 12 aromatic rings. The van der Waals surface area contributed by atoms with Gasteiger partial charge in [-0.05, 0) is 145 Å². The van der Waals surface area contributed by atoms with Crippen LogP contribution in [0.4, 0.5) is 38.5 Å². The molecule has 14 rings (SSSR count). The first kappa shape index (κ1) is 46.1. The minimum absolute atomic E-state index is 0.289. The summed E-state index contributed by atoms with van der Waals surface area (Å²) < 4.78 is 16.0. The second-order valence-electron chi connectivity index (χ2n) is 21.5. The Labute approximate surface area is 449 Å². The summed E-state index contributed by atoms with van der Waals surface area (Å²) in [5.74, 6) is -0.289. The number of hydrogen-bond acceptors (Lipinski definition) is 4. The first-order valence-electron chi connectivity index (χ1n) is 26.5. The molecule has 0 saturated heterocycles.